The summed E-state index contributed by atoms with van der Waals surface area (Å²) in [6, 6.07) is 16.7. The molecule has 2 aromatic rings. The molecular formula is C25H21FN4O4S. The molecule has 3 N–H and O–H groups in total. The van der Waals surface area contributed by atoms with Gasteiger partial charge >= 0.3 is 5.97 Å². The number of rotatable bonds is 6. The zero-order valence-electron chi connectivity index (χ0n) is 18.7. The SMILES string of the molecule is COC(=O)CC1SC2=C(C(=O)NCc3ccccc3)C(c3ccc(F)cc3)C(C#N)=C(N)N2C1=O. The van der Waals surface area contributed by atoms with Crippen LogP contribution in [-0.4, -0.2) is 35.0 Å². The minimum Gasteiger partial charge on any atom is -0.469 e. The number of thioether (sulfide) groups is 1. The molecule has 8 nitrogen and oxygen atoms in total. The van der Waals surface area contributed by atoms with E-state index in [1.165, 1.54) is 31.4 Å². The summed E-state index contributed by atoms with van der Waals surface area (Å²) in [5, 5.41) is 12.2. The van der Waals surface area contributed by atoms with Crippen LogP contribution in [0.5, 0.6) is 0 Å². The average molecular weight is 493 g/mol. The molecule has 2 heterocycles. The van der Waals surface area contributed by atoms with Crippen LogP contribution in [0.15, 0.2) is 76.6 Å². The van der Waals surface area contributed by atoms with E-state index in [1.807, 2.05) is 36.4 Å². The van der Waals surface area contributed by atoms with E-state index in [9.17, 15) is 24.0 Å². The molecule has 178 valence electrons. The van der Waals surface area contributed by atoms with E-state index in [4.69, 9.17) is 10.5 Å². The highest BCUT2D eigenvalue weighted by Crippen LogP contribution is 2.49. The van der Waals surface area contributed by atoms with Crippen LogP contribution in [0, 0.1) is 17.1 Å². The van der Waals surface area contributed by atoms with Gasteiger partial charge in [0.2, 0.25) is 5.91 Å². The van der Waals surface area contributed by atoms with Gasteiger partial charge in [-0.05, 0) is 23.3 Å². The Morgan fingerprint density at radius 2 is 1.89 bits per heavy atom. The van der Waals surface area contributed by atoms with Crippen molar-refractivity contribution in [2.75, 3.05) is 7.11 Å². The number of benzene rings is 2. The van der Waals surface area contributed by atoms with Crippen molar-refractivity contribution in [2.24, 2.45) is 5.73 Å². The second-order valence-electron chi connectivity index (χ2n) is 7.84. The number of nitrogens with two attached hydrogens (primary N) is 1. The van der Waals surface area contributed by atoms with E-state index in [0.29, 0.717) is 5.56 Å². The number of nitriles is 1. The fourth-order valence-corrected chi connectivity index (χ4v) is 5.33. The molecule has 0 spiro atoms. The maximum absolute atomic E-state index is 13.7. The number of halogens is 1. The normalized spacial score (nSPS) is 19.3. The Morgan fingerprint density at radius 1 is 1.20 bits per heavy atom. The molecule has 1 saturated heterocycles. The zero-order valence-corrected chi connectivity index (χ0v) is 19.5. The molecule has 10 heteroatoms. The van der Waals surface area contributed by atoms with Crippen molar-refractivity contribution in [3.05, 3.63) is 93.5 Å². The van der Waals surface area contributed by atoms with E-state index < -0.39 is 34.8 Å². The number of amides is 2. The first-order chi connectivity index (χ1) is 16.8. The van der Waals surface area contributed by atoms with Gasteiger partial charge in [-0.1, -0.05) is 54.2 Å². The summed E-state index contributed by atoms with van der Waals surface area (Å²) in [6.07, 6.45) is -0.227. The van der Waals surface area contributed by atoms with Crippen LogP contribution in [0.4, 0.5) is 4.39 Å². The lowest BCUT2D eigenvalue weighted by Crippen LogP contribution is -2.40. The number of fused-ring (bicyclic) bond motifs is 1. The van der Waals surface area contributed by atoms with Crippen LogP contribution in [0.3, 0.4) is 0 Å². The van der Waals surface area contributed by atoms with Gasteiger partial charge in [-0.15, -0.1) is 0 Å². The fourth-order valence-electron chi connectivity index (χ4n) is 4.01. The predicted octanol–water partition coefficient (Wildman–Crippen LogP) is 2.65. The van der Waals surface area contributed by atoms with Crippen molar-refractivity contribution in [3.63, 3.8) is 0 Å². The molecule has 0 saturated carbocycles. The molecule has 0 bridgehead atoms. The minimum absolute atomic E-state index is 0.0158. The van der Waals surface area contributed by atoms with E-state index in [2.05, 4.69) is 5.32 Å². The van der Waals surface area contributed by atoms with Gasteiger partial charge in [0.1, 0.15) is 16.9 Å². The van der Waals surface area contributed by atoms with Crippen molar-refractivity contribution in [1.82, 2.24) is 10.2 Å². The number of ether oxygens (including phenoxy) is 1. The summed E-state index contributed by atoms with van der Waals surface area (Å²) >= 11 is 1.02. The number of carbonyl (C=O) groups is 3. The molecule has 4 rings (SSSR count). The zero-order chi connectivity index (χ0) is 25.1. The van der Waals surface area contributed by atoms with Crippen molar-refractivity contribution in [3.8, 4) is 6.07 Å². The van der Waals surface area contributed by atoms with Gasteiger partial charge in [0, 0.05) is 6.54 Å². The Balaban J connectivity index is 1.81. The maximum Gasteiger partial charge on any atom is 0.307 e. The standard InChI is InChI=1S/C25H21FN4O4S/c1-34-19(31)11-18-24(33)30-22(28)17(12-27)20(15-7-9-16(26)10-8-15)21(25(30)35-18)23(32)29-13-14-5-3-2-4-6-14/h2-10,18,20H,11,13,28H2,1H3,(H,29,32). The first-order valence-electron chi connectivity index (χ1n) is 10.6. The first kappa shape index (κ1) is 24.0. The summed E-state index contributed by atoms with van der Waals surface area (Å²) in [5.74, 6) is -3.16. The van der Waals surface area contributed by atoms with E-state index in [1.54, 1.807) is 0 Å². The van der Waals surface area contributed by atoms with Crippen molar-refractivity contribution in [1.29, 1.82) is 5.26 Å². The molecule has 0 aliphatic carbocycles. The molecule has 2 unspecified atom stereocenters. The first-order valence-corrected chi connectivity index (χ1v) is 11.5. The second-order valence-corrected chi connectivity index (χ2v) is 9.03. The smallest absolute Gasteiger partial charge is 0.307 e. The molecule has 2 aliphatic rings. The van der Waals surface area contributed by atoms with Gasteiger partial charge in [-0.2, -0.15) is 5.26 Å². The summed E-state index contributed by atoms with van der Waals surface area (Å²) in [4.78, 5) is 39.7. The number of hydrogen-bond acceptors (Lipinski definition) is 7. The monoisotopic (exact) mass is 492 g/mol. The maximum atomic E-state index is 13.7. The number of carbonyl (C=O) groups excluding carboxylic acids is 3. The highest BCUT2D eigenvalue weighted by molar-refractivity contribution is 8.04. The molecule has 2 amide bonds. The Labute approximate surface area is 205 Å². The third kappa shape index (κ3) is 4.63. The molecule has 2 aliphatic heterocycles. The lowest BCUT2D eigenvalue weighted by Gasteiger charge is -2.32. The Kier molecular flexibility index (Phi) is 6.89. The highest BCUT2D eigenvalue weighted by Gasteiger charge is 2.48. The van der Waals surface area contributed by atoms with Gasteiger partial charge in [0.05, 0.1) is 41.7 Å². The van der Waals surface area contributed by atoms with Crippen LogP contribution in [0.25, 0.3) is 0 Å². The third-order valence-electron chi connectivity index (χ3n) is 5.72. The predicted molar refractivity (Wildman–Crippen MR) is 126 cm³/mol. The number of allylic oxidation sites excluding steroid dienone is 1. The molecule has 2 atom stereocenters. The van der Waals surface area contributed by atoms with Gasteiger partial charge in [0.15, 0.2) is 0 Å². The van der Waals surface area contributed by atoms with E-state index >= 15 is 0 Å². The molecule has 0 aromatic heterocycles. The number of methoxy groups -OCH3 is 1. The Hall–Kier alpha value is -4.10. The largest absolute Gasteiger partial charge is 0.469 e. The van der Waals surface area contributed by atoms with Crippen molar-refractivity contribution >= 4 is 29.5 Å². The van der Waals surface area contributed by atoms with E-state index in [-0.39, 0.29) is 35.0 Å². The molecular weight excluding hydrogens is 471 g/mol. The van der Waals surface area contributed by atoms with Gasteiger partial charge in [-0.3, -0.25) is 19.3 Å². The fraction of sp³-hybridized carbons (Fsp3) is 0.200. The second kappa shape index (κ2) is 10.0. The van der Waals surface area contributed by atoms with Crippen LogP contribution < -0.4 is 11.1 Å². The Bertz CT molecular complexity index is 1280. The number of esters is 1. The molecule has 1 fully saturated rings. The molecule has 35 heavy (non-hydrogen) atoms. The topological polar surface area (TPSA) is 126 Å². The van der Waals surface area contributed by atoms with Crippen molar-refractivity contribution < 1.29 is 23.5 Å². The quantitative estimate of drug-likeness (QED) is 0.594. The summed E-state index contributed by atoms with van der Waals surface area (Å²) in [5.41, 5.74) is 7.70. The summed E-state index contributed by atoms with van der Waals surface area (Å²) in [7, 11) is 1.22. The minimum atomic E-state index is -0.931. The van der Waals surface area contributed by atoms with Crippen LogP contribution in [0.1, 0.15) is 23.5 Å². The van der Waals surface area contributed by atoms with Gasteiger partial charge < -0.3 is 15.8 Å². The van der Waals surface area contributed by atoms with Crippen molar-refractivity contribution in [2.45, 2.75) is 24.1 Å². The highest BCUT2D eigenvalue weighted by atomic mass is 32.2. The van der Waals surface area contributed by atoms with Crippen LogP contribution in [0.2, 0.25) is 0 Å². The third-order valence-corrected chi connectivity index (χ3v) is 7.00. The van der Waals surface area contributed by atoms with Gasteiger partial charge in [0.25, 0.3) is 5.91 Å². The number of nitrogens with one attached hydrogen (secondary N) is 1. The lowest BCUT2D eigenvalue weighted by molar-refractivity contribution is -0.142. The van der Waals surface area contributed by atoms with Crippen LogP contribution in [-0.2, 0) is 25.7 Å². The van der Waals surface area contributed by atoms with Gasteiger partial charge in [-0.25, -0.2) is 4.39 Å². The van der Waals surface area contributed by atoms with Crippen LogP contribution >= 0.6 is 11.8 Å². The Morgan fingerprint density at radius 3 is 2.51 bits per heavy atom. The average Bonchev–Trinajstić information content (AvgIpc) is 3.19. The number of nitrogens with zero attached hydrogens (tertiary/aromatic N) is 2. The number of hydrogen-bond donors (Lipinski definition) is 2. The lowest BCUT2D eigenvalue weighted by atomic mass is 9.82. The molecule has 0 radical (unpaired) electrons. The summed E-state index contributed by atoms with van der Waals surface area (Å²) in [6.45, 7) is 0.206. The van der Waals surface area contributed by atoms with E-state index in [0.717, 1.165) is 22.2 Å². The summed E-state index contributed by atoms with van der Waals surface area (Å²) < 4.78 is 18.3. The molecule has 2 aromatic carbocycles.